The largest absolute Gasteiger partial charge is 1.00 e. The van der Waals surface area contributed by atoms with E-state index >= 15 is 0 Å². The third kappa shape index (κ3) is 2.60. The molecular formula is C11H21ClN-. The van der Waals surface area contributed by atoms with Gasteiger partial charge in [0.1, 0.15) is 0 Å². The molecule has 0 radical (unpaired) electrons. The lowest BCUT2D eigenvalue weighted by Gasteiger charge is -2.42. The summed E-state index contributed by atoms with van der Waals surface area (Å²) in [5, 5.41) is 0. The van der Waals surface area contributed by atoms with Gasteiger partial charge in [-0.3, -0.25) is 0 Å². The van der Waals surface area contributed by atoms with Crippen LogP contribution < -0.4 is 18.1 Å². The first-order valence-electron chi connectivity index (χ1n) is 5.56. The molecule has 2 rings (SSSR count). The average Bonchev–Trinajstić information content (AvgIpc) is 2.13. The van der Waals surface area contributed by atoms with Crippen molar-refractivity contribution in [2.75, 3.05) is 0 Å². The summed E-state index contributed by atoms with van der Waals surface area (Å²) in [6.07, 6.45) is 12.9. The summed E-state index contributed by atoms with van der Waals surface area (Å²) in [6, 6.07) is 0.526. The molecule has 2 aliphatic rings. The Kier molecular flexibility index (Phi) is 4.06. The van der Waals surface area contributed by atoms with Gasteiger partial charge in [-0.05, 0) is 43.9 Å². The van der Waals surface area contributed by atoms with Crippen LogP contribution in [0.4, 0.5) is 0 Å². The van der Waals surface area contributed by atoms with Gasteiger partial charge >= 0.3 is 0 Å². The lowest BCUT2D eigenvalue weighted by Crippen LogP contribution is -3.00. The fourth-order valence-electron chi connectivity index (χ4n) is 3.05. The smallest absolute Gasteiger partial charge is 0.00392 e. The predicted octanol–water partition coefficient (Wildman–Crippen LogP) is -0.158. The molecule has 2 N–H and O–H groups in total. The van der Waals surface area contributed by atoms with Gasteiger partial charge in [0.25, 0.3) is 0 Å². The van der Waals surface area contributed by atoms with Crippen LogP contribution in [0.3, 0.4) is 0 Å². The van der Waals surface area contributed by atoms with Crippen molar-refractivity contribution in [3.8, 4) is 0 Å². The maximum absolute atomic E-state index is 5.92. The van der Waals surface area contributed by atoms with Gasteiger partial charge in [-0.15, -0.1) is 0 Å². The van der Waals surface area contributed by atoms with Crippen LogP contribution in [-0.4, -0.2) is 6.04 Å². The molecule has 1 nitrogen and oxygen atoms in total. The molecule has 0 heterocycles. The number of hydrogen-bond acceptors (Lipinski definition) is 1. The minimum atomic E-state index is 0. The van der Waals surface area contributed by atoms with Gasteiger partial charge < -0.3 is 18.1 Å². The molecule has 0 amide bonds. The molecule has 2 fully saturated rings. The van der Waals surface area contributed by atoms with E-state index in [-0.39, 0.29) is 12.4 Å². The molecule has 0 bridgehead atoms. The quantitative estimate of drug-likeness (QED) is 0.581. The zero-order valence-corrected chi connectivity index (χ0v) is 9.15. The number of halogens is 1. The zero-order chi connectivity index (χ0) is 8.44. The first-order chi connectivity index (χ1) is 5.81. The average molecular weight is 203 g/mol. The van der Waals surface area contributed by atoms with Gasteiger partial charge in [-0.25, -0.2) is 0 Å². The van der Waals surface area contributed by atoms with Crippen LogP contribution in [0.5, 0.6) is 0 Å². The molecule has 0 aromatic carbocycles. The molecule has 2 heteroatoms. The highest BCUT2D eigenvalue weighted by molar-refractivity contribution is 4.88. The predicted molar refractivity (Wildman–Crippen MR) is 52.0 cm³/mol. The monoisotopic (exact) mass is 202 g/mol. The van der Waals surface area contributed by atoms with Crippen molar-refractivity contribution in [1.29, 1.82) is 0 Å². The van der Waals surface area contributed by atoms with E-state index in [1.807, 2.05) is 0 Å². The van der Waals surface area contributed by atoms with Gasteiger partial charge in [0.15, 0.2) is 0 Å². The van der Waals surface area contributed by atoms with Crippen LogP contribution in [0.25, 0.3) is 0 Å². The maximum Gasteiger partial charge on any atom is 0.00392 e. The van der Waals surface area contributed by atoms with Crippen LogP contribution in [0, 0.1) is 5.41 Å². The summed E-state index contributed by atoms with van der Waals surface area (Å²) in [5.74, 6) is 0. The summed E-state index contributed by atoms with van der Waals surface area (Å²) < 4.78 is 0. The molecule has 2 aliphatic carbocycles. The van der Waals surface area contributed by atoms with Crippen molar-refractivity contribution < 1.29 is 12.4 Å². The molecule has 0 aliphatic heterocycles. The van der Waals surface area contributed by atoms with Crippen LogP contribution in [0.2, 0.25) is 0 Å². The van der Waals surface area contributed by atoms with Gasteiger partial charge in [0.2, 0.25) is 0 Å². The van der Waals surface area contributed by atoms with Crippen molar-refractivity contribution in [2.45, 2.75) is 63.8 Å². The molecule has 0 atom stereocenters. The topological polar surface area (TPSA) is 26.0 Å². The molecule has 0 aromatic rings. The number of nitrogens with two attached hydrogens (primary N) is 1. The molecule has 0 unspecified atom stereocenters. The molecular weight excluding hydrogens is 182 g/mol. The van der Waals surface area contributed by atoms with Gasteiger partial charge in [0.05, 0.1) is 0 Å². The SMILES string of the molecule is NC1CCC2(CCCCC2)CC1.[Cl-]. The Morgan fingerprint density at radius 1 is 0.846 bits per heavy atom. The van der Waals surface area contributed by atoms with Gasteiger partial charge in [-0.2, -0.15) is 0 Å². The molecule has 0 aromatic heterocycles. The second-order valence-electron chi connectivity index (χ2n) is 4.90. The summed E-state index contributed by atoms with van der Waals surface area (Å²) >= 11 is 0. The summed E-state index contributed by atoms with van der Waals surface area (Å²) in [7, 11) is 0. The second kappa shape index (κ2) is 4.65. The number of hydrogen-bond donors (Lipinski definition) is 1. The standard InChI is InChI=1S/C11H21N.ClH/c12-10-4-8-11(9-5-10)6-2-1-3-7-11;/h10H,1-9,12H2;1H/p-1. The summed E-state index contributed by atoms with van der Waals surface area (Å²) in [4.78, 5) is 0. The minimum absolute atomic E-state index is 0. The van der Waals surface area contributed by atoms with E-state index in [0.29, 0.717) is 6.04 Å². The van der Waals surface area contributed by atoms with Crippen LogP contribution >= 0.6 is 0 Å². The Morgan fingerprint density at radius 2 is 1.38 bits per heavy atom. The summed E-state index contributed by atoms with van der Waals surface area (Å²) in [6.45, 7) is 0. The molecule has 78 valence electrons. The normalized spacial score (nSPS) is 28.4. The fraction of sp³-hybridized carbons (Fsp3) is 1.00. The maximum atomic E-state index is 5.92. The lowest BCUT2D eigenvalue weighted by molar-refractivity contribution is -0.00000301. The molecule has 13 heavy (non-hydrogen) atoms. The van der Waals surface area contributed by atoms with E-state index in [1.54, 1.807) is 0 Å². The van der Waals surface area contributed by atoms with Crippen molar-refractivity contribution in [1.82, 2.24) is 0 Å². The van der Waals surface area contributed by atoms with Gasteiger partial charge in [0, 0.05) is 6.04 Å². The Labute approximate surface area is 87.9 Å². The first kappa shape index (κ1) is 11.3. The van der Waals surface area contributed by atoms with Gasteiger partial charge in [-0.1, -0.05) is 19.3 Å². The van der Waals surface area contributed by atoms with Crippen LogP contribution in [0.15, 0.2) is 0 Å². The Bertz CT molecular complexity index is 142. The number of rotatable bonds is 0. The van der Waals surface area contributed by atoms with E-state index in [1.165, 1.54) is 57.8 Å². The highest BCUT2D eigenvalue weighted by Crippen LogP contribution is 2.46. The fourth-order valence-corrected chi connectivity index (χ4v) is 3.05. The van der Waals surface area contributed by atoms with E-state index in [4.69, 9.17) is 5.73 Å². The van der Waals surface area contributed by atoms with E-state index in [9.17, 15) is 0 Å². The van der Waals surface area contributed by atoms with E-state index in [0.717, 1.165) is 5.41 Å². The zero-order valence-electron chi connectivity index (χ0n) is 8.40. The van der Waals surface area contributed by atoms with Crippen molar-refractivity contribution in [3.05, 3.63) is 0 Å². The van der Waals surface area contributed by atoms with E-state index < -0.39 is 0 Å². The Morgan fingerprint density at radius 3 is 1.92 bits per heavy atom. The first-order valence-corrected chi connectivity index (χ1v) is 5.56. The molecule has 1 spiro atoms. The Balaban J connectivity index is 0.000000845. The highest BCUT2D eigenvalue weighted by Gasteiger charge is 2.34. The second-order valence-corrected chi connectivity index (χ2v) is 4.90. The van der Waals surface area contributed by atoms with Crippen molar-refractivity contribution in [3.63, 3.8) is 0 Å². The van der Waals surface area contributed by atoms with Crippen LogP contribution in [-0.2, 0) is 0 Å². The molecule has 0 saturated heterocycles. The van der Waals surface area contributed by atoms with E-state index in [2.05, 4.69) is 0 Å². The molecule has 2 saturated carbocycles. The highest BCUT2D eigenvalue weighted by atomic mass is 35.5. The summed E-state index contributed by atoms with van der Waals surface area (Å²) in [5.41, 5.74) is 6.68. The Hall–Kier alpha value is 0.250. The lowest BCUT2D eigenvalue weighted by atomic mass is 9.65. The van der Waals surface area contributed by atoms with Crippen molar-refractivity contribution in [2.24, 2.45) is 11.1 Å². The third-order valence-electron chi connectivity index (χ3n) is 4.01. The third-order valence-corrected chi connectivity index (χ3v) is 4.01. The van der Waals surface area contributed by atoms with Crippen molar-refractivity contribution >= 4 is 0 Å². The minimum Gasteiger partial charge on any atom is -1.00 e. The van der Waals surface area contributed by atoms with Crippen LogP contribution in [0.1, 0.15) is 57.8 Å².